The molecule has 1 heteroatoms. The van der Waals surface area contributed by atoms with Crippen LogP contribution < -0.4 is 0 Å². The molecule has 0 aromatic heterocycles. The van der Waals surface area contributed by atoms with E-state index in [1.54, 1.807) is 6.07 Å². The van der Waals surface area contributed by atoms with Crippen molar-refractivity contribution in [2.24, 2.45) is 0 Å². The first-order valence-electron chi connectivity index (χ1n) is 9.60. The van der Waals surface area contributed by atoms with Crippen LogP contribution in [-0.4, -0.2) is 0 Å². The highest BCUT2D eigenvalue weighted by Gasteiger charge is 2.22. The Morgan fingerprint density at radius 1 is 0.917 bits per heavy atom. The molecule has 2 aromatic carbocycles. The summed E-state index contributed by atoms with van der Waals surface area (Å²) in [4.78, 5) is 0. The SMILES string of the molecule is CCCCc1ccc(C2CCc3cc(CCC)ccc3C2)c(F)c1. The highest BCUT2D eigenvalue weighted by molar-refractivity contribution is 5.38. The lowest BCUT2D eigenvalue weighted by molar-refractivity contribution is 0.532. The Hall–Kier alpha value is -1.63. The highest BCUT2D eigenvalue weighted by Crippen LogP contribution is 2.34. The molecular weight excluding hydrogens is 295 g/mol. The van der Waals surface area contributed by atoms with Crippen LogP contribution >= 0.6 is 0 Å². The Morgan fingerprint density at radius 3 is 2.46 bits per heavy atom. The molecule has 24 heavy (non-hydrogen) atoms. The number of unbranched alkanes of at least 4 members (excludes halogenated alkanes) is 1. The lowest BCUT2D eigenvalue weighted by Crippen LogP contribution is -2.14. The van der Waals surface area contributed by atoms with Crippen LogP contribution in [0, 0.1) is 5.82 Å². The number of rotatable bonds is 6. The highest BCUT2D eigenvalue weighted by atomic mass is 19.1. The van der Waals surface area contributed by atoms with Crippen LogP contribution in [0.5, 0.6) is 0 Å². The fourth-order valence-electron chi connectivity index (χ4n) is 3.96. The molecule has 2 aromatic rings. The van der Waals surface area contributed by atoms with Crippen LogP contribution in [0.2, 0.25) is 0 Å². The summed E-state index contributed by atoms with van der Waals surface area (Å²) >= 11 is 0. The first-order valence-corrected chi connectivity index (χ1v) is 9.60. The maximum atomic E-state index is 14.6. The summed E-state index contributed by atoms with van der Waals surface area (Å²) in [6.45, 7) is 4.40. The summed E-state index contributed by atoms with van der Waals surface area (Å²) in [6.07, 6.45) is 8.75. The van der Waals surface area contributed by atoms with Crippen molar-refractivity contribution in [3.05, 3.63) is 70.0 Å². The van der Waals surface area contributed by atoms with E-state index in [0.717, 1.165) is 56.1 Å². The van der Waals surface area contributed by atoms with Gasteiger partial charge in [0.25, 0.3) is 0 Å². The number of hydrogen-bond acceptors (Lipinski definition) is 0. The van der Waals surface area contributed by atoms with Crippen molar-refractivity contribution in [3.8, 4) is 0 Å². The Labute approximate surface area is 146 Å². The molecule has 0 radical (unpaired) electrons. The molecule has 0 N–H and O–H groups in total. The average molecular weight is 324 g/mol. The standard InChI is InChI=1S/C23H29F/c1-3-5-7-18-9-13-22(23(24)15-18)21-12-11-19-14-17(6-4-2)8-10-20(19)16-21/h8-10,13-15,21H,3-7,11-12,16H2,1-2H3. The van der Waals surface area contributed by atoms with Gasteiger partial charge in [0.05, 0.1) is 0 Å². The van der Waals surface area contributed by atoms with E-state index in [1.165, 1.54) is 23.1 Å². The van der Waals surface area contributed by atoms with Crippen molar-refractivity contribution in [3.63, 3.8) is 0 Å². The maximum absolute atomic E-state index is 14.6. The number of benzene rings is 2. The second kappa shape index (κ2) is 7.96. The summed E-state index contributed by atoms with van der Waals surface area (Å²) in [5.74, 6) is 0.328. The molecule has 1 aliphatic rings. The molecule has 128 valence electrons. The summed E-state index contributed by atoms with van der Waals surface area (Å²) < 4.78 is 14.6. The van der Waals surface area contributed by atoms with Gasteiger partial charge in [0.15, 0.2) is 0 Å². The molecule has 0 fully saturated rings. The van der Waals surface area contributed by atoms with Gasteiger partial charge < -0.3 is 0 Å². The minimum Gasteiger partial charge on any atom is -0.207 e. The van der Waals surface area contributed by atoms with Gasteiger partial charge in [0, 0.05) is 0 Å². The van der Waals surface area contributed by atoms with Crippen LogP contribution in [0.15, 0.2) is 36.4 Å². The molecule has 0 nitrogen and oxygen atoms in total. The van der Waals surface area contributed by atoms with Gasteiger partial charge in [-0.05, 0) is 78.3 Å². The van der Waals surface area contributed by atoms with Crippen molar-refractivity contribution in [1.82, 2.24) is 0 Å². The predicted octanol–water partition coefficient (Wildman–Crippen LogP) is 6.39. The molecule has 1 aliphatic carbocycles. The predicted molar refractivity (Wildman–Crippen MR) is 100 cm³/mol. The second-order valence-electron chi connectivity index (χ2n) is 7.25. The topological polar surface area (TPSA) is 0 Å². The van der Waals surface area contributed by atoms with Gasteiger partial charge >= 0.3 is 0 Å². The van der Waals surface area contributed by atoms with E-state index in [1.807, 2.05) is 6.07 Å². The van der Waals surface area contributed by atoms with Gasteiger partial charge in [-0.25, -0.2) is 4.39 Å². The number of hydrogen-bond donors (Lipinski definition) is 0. The lowest BCUT2D eigenvalue weighted by Gasteiger charge is -2.26. The van der Waals surface area contributed by atoms with Gasteiger partial charge in [0.2, 0.25) is 0 Å². The molecule has 1 unspecified atom stereocenters. The molecule has 0 heterocycles. The molecule has 1 atom stereocenters. The summed E-state index contributed by atoms with van der Waals surface area (Å²) in [7, 11) is 0. The number of halogens is 1. The van der Waals surface area contributed by atoms with E-state index in [-0.39, 0.29) is 5.82 Å². The zero-order valence-corrected chi connectivity index (χ0v) is 15.1. The number of aryl methyl sites for hydroxylation is 3. The molecule has 3 rings (SSSR count). The van der Waals surface area contributed by atoms with E-state index in [4.69, 9.17) is 0 Å². The third-order valence-electron chi connectivity index (χ3n) is 5.36. The van der Waals surface area contributed by atoms with Gasteiger partial charge in [-0.3, -0.25) is 0 Å². The molecule has 0 saturated carbocycles. The average Bonchev–Trinajstić information content (AvgIpc) is 2.60. The van der Waals surface area contributed by atoms with Crippen molar-refractivity contribution < 1.29 is 4.39 Å². The molecule has 0 aliphatic heterocycles. The van der Waals surface area contributed by atoms with Crippen LogP contribution in [0.1, 0.15) is 73.3 Å². The third kappa shape index (κ3) is 3.88. The number of fused-ring (bicyclic) bond motifs is 1. The van der Waals surface area contributed by atoms with Crippen molar-refractivity contribution in [1.29, 1.82) is 0 Å². The van der Waals surface area contributed by atoms with Gasteiger partial charge in [-0.1, -0.05) is 57.0 Å². The molecule has 0 bridgehead atoms. The Morgan fingerprint density at radius 2 is 1.71 bits per heavy atom. The molecular formula is C23H29F. The van der Waals surface area contributed by atoms with Crippen LogP contribution in [-0.2, 0) is 25.7 Å². The van der Waals surface area contributed by atoms with E-state index >= 15 is 0 Å². The van der Waals surface area contributed by atoms with Gasteiger partial charge in [-0.2, -0.15) is 0 Å². The van der Waals surface area contributed by atoms with Crippen molar-refractivity contribution >= 4 is 0 Å². The fraction of sp³-hybridized carbons (Fsp3) is 0.478. The Balaban J connectivity index is 1.75. The zero-order valence-electron chi connectivity index (χ0n) is 15.1. The maximum Gasteiger partial charge on any atom is 0.126 e. The van der Waals surface area contributed by atoms with Gasteiger partial charge in [-0.15, -0.1) is 0 Å². The van der Waals surface area contributed by atoms with Gasteiger partial charge in [0.1, 0.15) is 5.82 Å². The van der Waals surface area contributed by atoms with Crippen molar-refractivity contribution in [2.75, 3.05) is 0 Å². The van der Waals surface area contributed by atoms with E-state index in [9.17, 15) is 4.39 Å². The van der Waals surface area contributed by atoms with E-state index in [2.05, 4.69) is 38.1 Å². The fourth-order valence-corrected chi connectivity index (χ4v) is 3.96. The lowest BCUT2D eigenvalue weighted by atomic mass is 9.79. The summed E-state index contributed by atoms with van der Waals surface area (Å²) in [5, 5.41) is 0. The van der Waals surface area contributed by atoms with Crippen LogP contribution in [0.3, 0.4) is 0 Å². The van der Waals surface area contributed by atoms with E-state index < -0.39 is 0 Å². The van der Waals surface area contributed by atoms with Crippen LogP contribution in [0.4, 0.5) is 4.39 Å². The first-order chi connectivity index (χ1) is 11.7. The minimum absolute atomic E-state index is 0.000318. The quantitative estimate of drug-likeness (QED) is 0.577. The smallest absolute Gasteiger partial charge is 0.126 e. The van der Waals surface area contributed by atoms with E-state index in [0.29, 0.717) is 5.92 Å². The Bertz CT molecular complexity index is 686. The zero-order chi connectivity index (χ0) is 16.9. The summed E-state index contributed by atoms with van der Waals surface area (Å²) in [5.41, 5.74) is 6.40. The first kappa shape index (κ1) is 17.2. The second-order valence-corrected chi connectivity index (χ2v) is 7.25. The largest absolute Gasteiger partial charge is 0.207 e. The molecule has 0 spiro atoms. The third-order valence-corrected chi connectivity index (χ3v) is 5.36. The molecule has 0 amide bonds. The van der Waals surface area contributed by atoms with Crippen LogP contribution in [0.25, 0.3) is 0 Å². The minimum atomic E-state index is -0.000318. The normalized spacial score (nSPS) is 16.9. The molecule has 0 saturated heterocycles. The monoisotopic (exact) mass is 324 g/mol. The Kier molecular flexibility index (Phi) is 5.71. The summed E-state index contributed by atoms with van der Waals surface area (Å²) in [6, 6.07) is 12.9. The van der Waals surface area contributed by atoms with Crippen molar-refractivity contribution in [2.45, 2.75) is 71.1 Å².